The van der Waals surface area contributed by atoms with Crippen molar-refractivity contribution in [2.75, 3.05) is 26.4 Å². The molecule has 52 heavy (non-hydrogen) atoms. The summed E-state index contributed by atoms with van der Waals surface area (Å²) in [7, 11) is -9.65. The summed E-state index contributed by atoms with van der Waals surface area (Å²) in [5.41, 5.74) is 0. The van der Waals surface area contributed by atoms with Crippen molar-refractivity contribution in [3.8, 4) is 0 Å². The Balaban J connectivity index is 4.54. The molecule has 0 heterocycles. The molecule has 0 fully saturated rings. The Morgan fingerprint density at radius 3 is 1.46 bits per heavy atom. The Morgan fingerprint density at radius 2 is 0.981 bits per heavy atom. The second-order valence-corrected chi connectivity index (χ2v) is 17.3. The molecule has 0 saturated carbocycles. The normalized spacial score (nSPS) is 14.9. The van der Waals surface area contributed by atoms with Crippen molar-refractivity contribution in [3.63, 3.8) is 0 Å². The highest BCUT2D eigenvalue weighted by Crippen LogP contribution is 2.43. The lowest BCUT2D eigenvalue weighted by atomic mass is 10.00. The molecule has 0 aliphatic carbocycles. The van der Waals surface area contributed by atoms with Crippen molar-refractivity contribution in [1.29, 1.82) is 0 Å². The van der Waals surface area contributed by atoms with Gasteiger partial charge in [-0.15, -0.1) is 0 Å². The number of aliphatic hydroxyl groups excluding tert-OH is 1. The largest absolute Gasteiger partial charge is 0.472 e. The highest BCUT2D eigenvalue weighted by Gasteiger charge is 2.28. The standard InChI is InChI=1S/C37H74O13P2/c1-5-33(4)25-21-17-14-15-18-22-26-36(39)46-30-35(31-49-52(44,45)48-29-34(38)28-47-51(41,42)43)50-37(40)27-23-19-13-11-9-7-6-8-10-12-16-20-24-32(2)3/h32-35,38H,5-31H2,1-4H3,(H,44,45)(H2,41,42,43)/t33?,34-,35+/m0/s1. The van der Waals surface area contributed by atoms with Crippen LogP contribution in [-0.2, 0) is 41.8 Å². The lowest BCUT2D eigenvalue weighted by molar-refractivity contribution is -0.161. The quantitative estimate of drug-likeness (QED) is 0.0264. The monoisotopic (exact) mass is 788 g/mol. The predicted molar refractivity (Wildman–Crippen MR) is 202 cm³/mol. The molecule has 4 N–H and O–H groups in total. The highest BCUT2D eigenvalue weighted by atomic mass is 31.2. The van der Waals surface area contributed by atoms with E-state index in [9.17, 15) is 28.7 Å². The van der Waals surface area contributed by atoms with Crippen LogP contribution in [0.5, 0.6) is 0 Å². The van der Waals surface area contributed by atoms with Crippen LogP contribution in [0.4, 0.5) is 0 Å². The zero-order valence-corrected chi connectivity index (χ0v) is 34.5. The van der Waals surface area contributed by atoms with E-state index < -0.39 is 59.6 Å². The number of hydrogen-bond donors (Lipinski definition) is 4. The number of ether oxygens (including phenoxy) is 2. The van der Waals surface area contributed by atoms with Crippen molar-refractivity contribution in [2.45, 2.75) is 188 Å². The van der Waals surface area contributed by atoms with Crippen LogP contribution >= 0.6 is 15.6 Å². The summed E-state index contributed by atoms with van der Waals surface area (Å²) in [6, 6.07) is 0. The molecule has 0 aliphatic heterocycles. The topological polar surface area (TPSA) is 195 Å². The van der Waals surface area contributed by atoms with Gasteiger partial charge in [-0.05, 0) is 24.7 Å². The number of esters is 2. The average molecular weight is 789 g/mol. The van der Waals surface area contributed by atoms with Crippen LogP contribution in [0.3, 0.4) is 0 Å². The summed E-state index contributed by atoms with van der Waals surface area (Å²) in [6.45, 7) is 6.34. The third-order valence-corrected chi connectivity index (χ3v) is 10.4. The molecule has 0 aliphatic rings. The first-order valence-electron chi connectivity index (χ1n) is 20.0. The van der Waals surface area contributed by atoms with Gasteiger partial charge in [0.1, 0.15) is 12.7 Å². The summed E-state index contributed by atoms with van der Waals surface area (Å²) < 4.78 is 47.6. The van der Waals surface area contributed by atoms with E-state index in [2.05, 4.69) is 36.7 Å². The van der Waals surface area contributed by atoms with E-state index in [1.54, 1.807) is 0 Å². The molecule has 13 nitrogen and oxygen atoms in total. The maximum Gasteiger partial charge on any atom is 0.472 e. The molecule has 15 heteroatoms. The number of carbonyl (C=O) groups is 2. The van der Waals surface area contributed by atoms with Gasteiger partial charge in [0.25, 0.3) is 0 Å². The SMILES string of the molecule is CCC(C)CCCCCCCCC(=O)OC[C@H](COP(=O)(O)OC[C@@H](O)COP(=O)(O)O)OC(=O)CCCCCCCCCCCCCCC(C)C. The average Bonchev–Trinajstić information content (AvgIpc) is 3.08. The fourth-order valence-corrected chi connectivity index (χ4v) is 6.66. The Bertz CT molecular complexity index is 975. The van der Waals surface area contributed by atoms with Crippen LogP contribution in [-0.4, -0.2) is 70.4 Å². The molecule has 0 aromatic carbocycles. The van der Waals surface area contributed by atoms with E-state index in [-0.39, 0.29) is 19.4 Å². The first kappa shape index (κ1) is 51.1. The van der Waals surface area contributed by atoms with E-state index >= 15 is 0 Å². The number of carbonyl (C=O) groups excluding carboxylic acids is 2. The van der Waals surface area contributed by atoms with Gasteiger partial charge >= 0.3 is 27.6 Å². The zero-order chi connectivity index (χ0) is 39.1. The van der Waals surface area contributed by atoms with E-state index in [1.807, 2.05) is 0 Å². The molecule has 0 aromatic heterocycles. The van der Waals surface area contributed by atoms with Crippen LogP contribution < -0.4 is 0 Å². The maximum atomic E-state index is 12.6. The smallest absolute Gasteiger partial charge is 0.462 e. The summed E-state index contributed by atoms with van der Waals surface area (Å²) in [6.07, 6.45) is 21.3. The molecule has 0 rings (SSSR count). The highest BCUT2D eigenvalue weighted by molar-refractivity contribution is 7.47. The molecule has 0 saturated heterocycles. The molecular formula is C37H74O13P2. The summed E-state index contributed by atoms with van der Waals surface area (Å²) in [4.78, 5) is 52.5. The van der Waals surface area contributed by atoms with Gasteiger partial charge in [-0.25, -0.2) is 9.13 Å². The number of phosphoric acid groups is 2. The summed E-state index contributed by atoms with van der Waals surface area (Å²) >= 11 is 0. The van der Waals surface area contributed by atoms with Crippen molar-refractivity contribution < 1.29 is 61.6 Å². The lowest BCUT2D eigenvalue weighted by Gasteiger charge is -2.20. The van der Waals surface area contributed by atoms with Crippen molar-refractivity contribution in [2.24, 2.45) is 11.8 Å². The molecular weight excluding hydrogens is 714 g/mol. The third-order valence-electron chi connectivity index (χ3n) is 8.95. The molecule has 4 atom stereocenters. The van der Waals surface area contributed by atoms with Gasteiger partial charge in [-0.2, -0.15) is 0 Å². The molecule has 310 valence electrons. The van der Waals surface area contributed by atoms with Gasteiger partial charge in [0.15, 0.2) is 6.10 Å². The minimum Gasteiger partial charge on any atom is -0.462 e. The van der Waals surface area contributed by atoms with Crippen molar-refractivity contribution in [3.05, 3.63) is 0 Å². The van der Waals surface area contributed by atoms with E-state index in [0.717, 1.165) is 50.4 Å². The molecule has 0 spiro atoms. The van der Waals surface area contributed by atoms with Gasteiger partial charge in [0, 0.05) is 12.8 Å². The number of rotatable bonds is 37. The Labute approximate surface area is 314 Å². The number of phosphoric ester groups is 2. The number of aliphatic hydroxyl groups is 1. The number of hydrogen-bond acceptors (Lipinski definition) is 10. The minimum absolute atomic E-state index is 0.137. The Morgan fingerprint density at radius 1 is 0.558 bits per heavy atom. The van der Waals surface area contributed by atoms with Crippen LogP contribution in [0, 0.1) is 11.8 Å². The molecule has 0 bridgehead atoms. The fourth-order valence-electron chi connectivity index (χ4n) is 5.51. The van der Waals surface area contributed by atoms with Crippen LogP contribution in [0.2, 0.25) is 0 Å². The van der Waals surface area contributed by atoms with Gasteiger partial charge in [-0.3, -0.25) is 23.2 Å². The van der Waals surface area contributed by atoms with Gasteiger partial charge in [-0.1, -0.05) is 150 Å². The van der Waals surface area contributed by atoms with Gasteiger partial charge in [0.2, 0.25) is 0 Å². The summed E-state index contributed by atoms with van der Waals surface area (Å²) in [5.74, 6) is 0.520. The van der Waals surface area contributed by atoms with Crippen LogP contribution in [0.15, 0.2) is 0 Å². The Hall–Kier alpha value is -0.880. The predicted octanol–water partition coefficient (Wildman–Crippen LogP) is 9.33. The summed E-state index contributed by atoms with van der Waals surface area (Å²) in [5, 5.41) is 9.71. The third kappa shape index (κ3) is 36.1. The second kappa shape index (κ2) is 32.4. The van der Waals surface area contributed by atoms with E-state index in [0.29, 0.717) is 12.8 Å². The van der Waals surface area contributed by atoms with Crippen molar-refractivity contribution in [1.82, 2.24) is 0 Å². The van der Waals surface area contributed by atoms with Gasteiger partial charge < -0.3 is 29.3 Å². The van der Waals surface area contributed by atoms with Crippen LogP contribution in [0.25, 0.3) is 0 Å². The zero-order valence-electron chi connectivity index (χ0n) is 32.8. The maximum absolute atomic E-state index is 12.6. The van der Waals surface area contributed by atoms with Crippen molar-refractivity contribution >= 4 is 27.6 Å². The number of unbranched alkanes of at least 4 members (excludes halogenated alkanes) is 16. The molecule has 2 unspecified atom stereocenters. The fraction of sp³-hybridized carbons (Fsp3) is 0.946. The molecule has 0 amide bonds. The van der Waals surface area contributed by atoms with E-state index in [4.69, 9.17) is 23.8 Å². The van der Waals surface area contributed by atoms with Crippen LogP contribution in [0.1, 0.15) is 175 Å². The van der Waals surface area contributed by atoms with Gasteiger partial charge in [0.05, 0.1) is 19.8 Å². The minimum atomic E-state index is -4.85. The molecule has 0 aromatic rings. The first-order chi connectivity index (χ1) is 24.6. The second-order valence-electron chi connectivity index (χ2n) is 14.6. The Kier molecular flexibility index (Phi) is 31.8. The first-order valence-corrected chi connectivity index (χ1v) is 23.0. The van der Waals surface area contributed by atoms with E-state index in [1.165, 1.54) is 83.5 Å². The lowest BCUT2D eigenvalue weighted by Crippen LogP contribution is -2.30. The molecule has 0 radical (unpaired) electrons.